The Morgan fingerprint density at radius 2 is 1.68 bits per heavy atom. The van der Waals surface area contributed by atoms with Crippen LogP contribution in [-0.2, 0) is 4.79 Å². The van der Waals surface area contributed by atoms with Crippen molar-refractivity contribution in [2.45, 2.75) is 179 Å². The van der Waals surface area contributed by atoms with Gasteiger partial charge in [0.1, 0.15) is 0 Å². The standard InChI is InChI=1S/C47H72N2O6S2/c1-29-33-20-37(47(55)35-22-39(52)36-23-40(53)41(54)26-44(36,4)32(35)12-16-45(33,47)5)42(11-9-19-50)57-56-27-31(49-18-17-48-28-49)25-43(2,3)34(21-38(29)51)30-10-8-15-46(24-30)13-6-7-14-46/h17-18,22,28-29,31-33,36-38,40-42,50-51,53-55H,6-16,19-21,23-27H2,1-5H3. The number of fused-ring (bicyclic) bond motifs is 9. The third kappa shape index (κ3) is 7.21. The van der Waals surface area contributed by atoms with Crippen LogP contribution in [0.1, 0.15) is 150 Å². The van der Waals surface area contributed by atoms with E-state index in [1.807, 2.05) is 34.1 Å². The van der Waals surface area contributed by atoms with Gasteiger partial charge in [-0.15, -0.1) is 0 Å². The first-order valence-corrected chi connectivity index (χ1v) is 25.1. The van der Waals surface area contributed by atoms with Gasteiger partial charge in [-0.1, -0.05) is 80.2 Å². The summed E-state index contributed by atoms with van der Waals surface area (Å²) >= 11 is 0. The molecule has 1 aliphatic heterocycles. The second-order valence-electron chi connectivity index (χ2n) is 21.3. The first-order chi connectivity index (χ1) is 27.1. The lowest BCUT2D eigenvalue weighted by Crippen LogP contribution is -2.63. The Morgan fingerprint density at radius 3 is 2.40 bits per heavy atom. The molecule has 0 radical (unpaired) electrons. The second-order valence-corrected chi connectivity index (χ2v) is 24.0. The van der Waals surface area contributed by atoms with Crippen molar-refractivity contribution in [3.63, 3.8) is 0 Å². The highest BCUT2D eigenvalue weighted by Gasteiger charge is 2.71. The Kier molecular flexibility index (Phi) is 11.9. The van der Waals surface area contributed by atoms with Gasteiger partial charge in [-0.2, -0.15) is 0 Å². The van der Waals surface area contributed by atoms with Crippen LogP contribution in [0.2, 0.25) is 0 Å². The molecular formula is C47H72N2O6S2. The summed E-state index contributed by atoms with van der Waals surface area (Å²) in [6.07, 6.45) is 21.3. The normalized spacial score (nSPS) is 46.1. The molecule has 2 bridgehead atoms. The number of rotatable bonds is 4. The van der Waals surface area contributed by atoms with E-state index in [2.05, 4.69) is 50.4 Å². The van der Waals surface area contributed by atoms with E-state index in [0.717, 1.165) is 56.3 Å². The van der Waals surface area contributed by atoms with Crippen LogP contribution < -0.4 is 0 Å². The lowest BCUT2D eigenvalue weighted by molar-refractivity contribution is -0.159. The molecule has 6 aliphatic carbocycles. The Morgan fingerprint density at radius 1 is 0.930 bits per heavy atom. The number of allylic oxidation sites excluding steroid dienone is 2. The van der Waals surface area contributed by atoms with E-state index in [9.17, 15) is 30.3 Å². The van der Waals surface area contributed by atoms with Crippen LogP contribution in [0.3, 0.4) is 0 Å². The number of carbonyl (C=O) groups excluding carboxylic acids is 1. The van der Waals surface area contributed by atoms with Gasteiger partial charge in [0.25, 0.3) is 0 Å². The molecule has 1 aromatic heterocycles. The molecule has 8 rings (SSSR count). The molecule has 5 saturated carbocycles. The van der Waals surface area contributed by atoms with E-state index in [-0.39, 0.29) is 65.1 Å². The average molecular weight is 825 g/mol. The van der Waals surface area contributed by atoms with Crippen molar-refractivity contribution in [3.05, 3.63) is 41.5 Å². The van der Waals surface area contributed by atoms with Crippen molar-refractivity contribution in [1.29, 1.82) is 0 Å². The number of aliphatic hydroxyl groups excluding tert-OH is 4. The summed E-state index contributed by atoms with van der Waals surface area (Å²) in [5.41, 5.74) is 1.73. The molecule has 13 unspecified atom stereocenters. The van der Waals surface area contributed by atoms with Crippen LogP contribution in [-0.4, -0.2) is 82.4 Å². The van der Waals surface area contributed by atoms with Crippen molar-refractivity contribution in [2.24, 2.45) is 51.2 Å². The zero-order valence-corrected chi connectivity index (χ0v) is 37.0. The Balaban J connectivity index is 1.23. The van der Waals surface area contributed by atoms with Gasteiger partial charge in [-0.3, -0.25) is 4.79 Å². The van der Waals surface area contributed by atoms with E-state index < -0.39 is 34.7 Å². The molecule has 1 aromatic rings. The number of imidazole rings is 1. The third-order valence-corrected chi connectivity index (χ3v) is 20.9. The highest BCUT2D eigenvalue weighted by atomic mass is 33.1. The molecule has 0 amide bonds. The topological polar surface area (TPSA) is 136 Å². The van der Waals surface area contributed by atoms with E-state index in [1.165, 1.54) is 44.1 Å². The number of aliphatic hydroxyl groups is 5. The molecule has 318 valence electrons. The summed E-state index contributed by atoms with van der Waals surface area (Å²) in [5.74, 6) is 0.113. The molecule has 13 atom stereocenters. The number of nitrogens with zero attached hydrogens (tertiary/aromatic N) is 2. The Hall–Kier alpha value is -1.14. The third-order valence-electron chi connectivity index (χ3n) is 17.9. The van der Waals surface area contributed by atoms with Gasteiger partial charge in [0.05, 0.1) is 30.2 Å². The summed E-state index contributed by atoms with van der Waals surface area (Å²) in [6, 6.07) is 0.183. The number of carbonyl (C=O) groups is 1. The average Bonchev–Trinajstić information content (AvgIpc) is 3.92. The fraction of sp³-hybridized carbons (Fsp3) is 0.830. The summed E-state index contributed by atoms with van der Waals surface area (Å²) in [7, 11) is 3.74. The van der Waals surface area contributed by atoms with Crippen molar-refractivity contribution in [1.82, 2.24) is 9.55 Å². The summed E-state index contributed by atoms with van der Waals surface area (Å²) in [6.45, 7) is 11.6. The molecular weight excluding hydrogens is 753 g/mol. The van der Waals surface area contributed by atoms with Gasteiger partial charge in [0.15, 0.2) is 5.78 Å². The van der Waals surface area contributed by atoms with E-state index in [1.54, 1.807) is 11.6 Å². The van der Waals surface area contributed by atoms with Crippen LogP contribution in [0.25, 0.3) is 0 Å². The van der Waals surface area contributed by atoms with Crippen molar-refractivity contribution in [2.75, 3.05) is 12.4 Å². The summed E-state index contributed by atoms with van der Waals surface area (Å²) in [5, 5.41) is 58.7. The quantitative estimate of drug-likeness (QED) is 0.149. The molecule has 0 aromatic carbocycles. The predicted molar refractivity (Wildman–Crippen MR) is 229 cm³/mol. The highest BCUT2D eigenvalue weighted by Crippen LogP contribution is 2.71. The van der Waals surface area contributed by atoms with Gasteiger partial charge in [0.2, 0.25) is 0 Å². The maximum Gasteiger partial charge on any atom is 0.159 e. The molecule has 6 fully saturated rings. The fourth-order valence-corrected chi connectivity index (χ4v) is 18.1. The minimum absolute atomic E-state index is 0.0155. The van der Waals surface area contributed by atoms with Crippen molar-refractivity contribution in [3.8, 4) is 0 Å². The maximum absolute atomic E-state index is 14.3. The van der Waals surface area contributed by atoms with E-state index in [0.29, 0.717) is 24.7 Å². The molecule has 57 heavy (non-hydrogen) atoms. The molecule has 10 heteroatoms. The summed E-state index contributed by atoms with van der Waals surface area (Å²) < 4.78 is 2.28. The van der Waals surface area contributed by atoms with Gasteiger partial charge >= 0.3 is 0 Å². The van der Waals surface area contributed by atoms with Crippen LogP contribution >= 0.6 is 21.6 Å². The van der Waals surface area contributed by atoms with Gasteiger partial charge in [-0.05, 0) is 142 Å². The monoisotopic (exact) mass is 824 g/mol. The van der Waals surface area contributed by atoms with Gasteiger partial charge in [-0.25, -0.2) is 4.98 Å². The fourth-order valence-electron chi connectivity index (χ4n) is 14.7. The zero-order chi connectivity index (χ0) is 40.5. The Labute approximate surface area is 349 Å². The van der Waals surface area contributed by atoms with E-state index >= 15 is 0 Å². The molecule has 1 saturated heterocycles. The number of hydrogen-bond acceptors (Lipinski definition) is 9. The zero-order valence-electron chi connectivity index (χ0n) is 35.4. The van der Waals surface area contributed by atoms with Crippen LogP contribution in [0, 0.1) is 51.2 Å². The van der Waals surface area contributed by atoms with Crippen LogP contribution in [0.15, 0.2) is 41.5 Å². The van der Waals surface area contributed by atoms with Crippen LogP contribution in [0.4, 0.5) is 0 Å². The summed E-state index contributed by atoms with van der Waals surface area (Å²) in [4.78, 5) is 18.8. The molecule has 8 nitrogen and oxygen atoms in total. The van der Waals surface area contributed by atoms with Crippen LogP contribution in [0.5, 0.6) is 0 Å². The lowest BCUT2D eigenvalue weighted by Gasteiger charge is -2.61. The maximum atomic E-state index is 14.3. The minimum atomic E-state index is -1.30. The van der Waals surface area contributed by atoms with E-state index in [4.69, 9.17) is 0 Å². The number of hydrogen-bond donors (Lipinski definition) is 5. The lowest BCUT2D eigenvalue weighted by atomic mass is 9.45. The molecule has 7 aliphatic rings. The predicted octanol–water partition coefficient (Wildman–Crippen LogP) is 8.63. The first-order valence-electron chi connectivity index (χ1n) is 22.7. The highest BCUT2D eigenvalue weighted by molar-refractivity contribution is 8.76. The smallest absolute Gasteiger partial charge is 0.159 e. The van der Waals surface area contributed by atoms with Gasteiger partial charge in [0, 0.05) is 53.3 Å². The minimum Gasteiger partial charge on any atom is -0.396 e. The number of aromatic nitrogens is 2. The first kappa shape index (κ1) is 42.5. The number of ketones is 1. The van der Waals surface area contributed by atoms with Gasteiger partial charge < -0.3 is 30.1 Å². The molecule has 5 N–H and O–H groups in total. The van der Waals surface area contributed by atoms with Crippen molar-refractivity contribution < 1.29 is 30.3 Å². The molecule has 2 heterocycles. The SMILES string of the molecule is CC1C(O)CC(=C2CCCC3(CCCC3)C2)C(C)(C)CC(n2ccnc2)CSSC(CCCO)C2CC1C1(C)CCC3C(=CC(=O)C4CC(O)C(O)CC43C)C21O. The molecule has 1 spiro atoms. The Bertz CT molecular complexity index is 1690. The second kappa shape index (κ2) is 16.0. The largest absolute Gasteiger partial charge is 0.396 e. The van der Waals surface area contributed by atoms with Crippen molar-refractivity contribution >= 4 is 27.4 Å².